The first-order chi connectivity index (χ1) is 11.2. The van der Waals surface area contributed by atoms with E-state index in [-0.39, 0.29) is 44.7 Å². The summed E-state index contributed by atoms with van der Waals surface area (Å²) < 4.78 is 0. The van der Waals surface area contributed by atoms with Crippen LogP contribution in [0.4, 0.5) is 0 Å². The minimum atomic E-state index is 0. The second-order valence-electron chi connectivity index (χ2n) is 5.68. The molecular formula is C19H21N3OY-2. The van der Waals surface area contributed by atoms with Gasteiger partial charge < -0.3 is 0 Å². The fraction of sp³-hybridized carbons (Fsp3) is 0.211. The van der Waals surface area contributed by atoms with Gasteiger partial charge in [0.25, 0.3) is 0 Å². The minimum absolute atomic E-state index is 0. The summed E-state index contributed by atoms with van der Waals surface area (Å²) in [6.45, 7) is 2.74. The first kappa shape index (κ1) is 19.2. The molecule has 0 saturated carbocycles. The van der Waals surface area contributed by atoms with E-state index in [0.29, 0.717) is 6.42 Å². The van der Waals surface area contributed by atoms with E-state index < -0.39 is 0 Å². The summed E-state index contributed by atoms with van der Waals surface area (Å²) in [5.74, 6) is 0.141. The molecule has 4 nitrogen and oxygen atoms in total. The molecule has 0 bridgehead atoms. The third-order valence-corrected chi connectivity index (χ3v) is 3.86. The number of nitrogens with one attached hydrogen (secondary N) is 3. The number of hydrazine groups is 1. The van der Waals surface area contributed by atoms with E-state index in [1.807, 2.05) is 55.8 Å². The molecule has 5 heteroatoms. The monoisotopic (exact) mass is 396 g/mol. The number of hydrogen-bond donors (Lipinski definition) is 3. The minimum Gasteiger partial charge on any atom is -0.295 e. The normalized spacial score (nSPS) is 16.3. The molecule has 3 N–H and O–H groups in total. The van der Waals surface area contributed by atoms with E-state index >= 15 is 0 Å². The molecule has 1 heterocycles. The molecule has 2 aromatic carbocycles. The van der Waals surface area contributed by atoms with Crippen molar-refractivity contribution in [2.45, 2.75) is 19.5 Å². The van der Waals surface area contributed by atoms with Crippen LogP contribution in [-0.2, 0) is 32.7 Å². The fourth-order valence-corrected chi connectivity index (χ4v) is 2.64. The third kappa shape index (κ3) is 5.17. The second-order valence-corrected chi connectivity index (χ2v) is 5.68. The SMILES string of the molecule is Cc1cccc(C(=O)C[CH-]c2ccccc2[CH-]C2NCNN2)c1.[Y]. The quantitative estimate of drug-likeness (QED) is 0.519. The summed E-state index contributed by atoms with van der Waals surface area (Å²) in [7, 11) is 0. The zero-order valence-electron chi connectivity index (χ0n) is 13.8. The Labute approximate surface area is 168 Å². The van der Waals surface area contributed by atoms with Gasteiger partial charge in [-0.25, -0.2) is 35.8 Å². The smallest absolute Gasteiger partial charge is 0.154 e. The number of benzene rings is 2. The number of carbonyl (C=O) groups is 1. The van der Waals surface area contributed by atoms with Gasteiger partial charge in [0.15, 0.2) is 5.78 Å². The summed E-state index contributed by atoms with van der Waals surface area (Å²) in [5, 5.41) is 3.27. The Hall–Kier alpha value is -1.17. The topological polar surface area (TPSA) is 53.2 Å². The van der Waals surface area contributed by atoms with E-state index in [1.165, 1.54) is 0 Å². The number of Topliss-reactive ketones (excluding diaryl/α,β-unsaturated/α-hetero) is 1. The van der Waals surface area contributed by atoms with Crippen molar-refractivity contribution in [1.82, 2.24) is 16.2 Å². The van der Waals surface area contributed by atoms with Gasteiger partial charge in [0.1, 0.15) is 0 Å². The maximum atomic E-state index is 12.3. The molecule has 1 aliphatic heterocycles. The first-order valence-corrected chi connectivity index (χ1v) is 7.81. The molecule has 0 amide bonds. The van der Waals surface area contributed by atoms with Crippen LogP contribution in [0.25, 0.3) is 0 Å². The first-order valence-electron chi connectivity index (χ1n) is 7.81. The zero-order valence-corrected chi connectivity index (χ0v) is 16.6. The summed E-state index contributed by atoms with van der Waals surface area (Å²) in [4.78, 5) is 12.3. The van der Waals surface area contributed by atoms with E-state index in [4.69, 9.17) is 0 Å². The average molecular weight is 396 g/mol. The van der Waals surface area contributed by atoms with Gasteiger partial charge in [-0.3, -0.25) is 21.2 Å². The van der Waals surface area contributed by atoms with Gasteiger partial charge in [-0.2, -0.15) is 0 Å². The van der Waals surface area contributed by atoms with Crippen LogP contribution in [-0.4, -0.2) is 18.6 Å². The number of ketones is 1. The Balaban J connectivity index is 0.00000208. The molecular weight excluding hydrogens is 375 g/mol. The van der Waals surface area contributed by atoms with Crippen LogP contribution in [0.2, 0.25) is 0 Å². The fourth-order valence-electron chi connectivity index (χ4n) is 2.64. The molecule has 1 fully saturated rings. The number of hydrogen-bond acceptors (Lipinski definition) is 4. The second kappa shape index (κ2) is 9.35. The number of carbonyl (C=O) groups excluding carboxylic acids is 1. The Morgan fingerprint density at radius 2 is 1.96 bits per heavy atom. The molecule has 3 rings (SSSR count). The van der Waals surface area contributed by atoms with Gasteiger partial charge in [-0.1, -0.05) is 23.8 Å². The van der Waals surface area contributed by atoms with E-state index in [0.717, 1.165) is 28.9 Å². The largest absolute Gasteiger partial charge is 0.295 e. The molecule has 1 saturated heterocycles. The maximum Gasteiger partial charge on any atom is 0.154 e. The van der Waals surface area contributed by atoms with E-state index in [2.05, 4.69) is 28.7 Å². The van der Waals surface area contributed by atoms with Crippen LogP contribution in [0.15, 0.2) is 48.5 Å². The van der Waals surface area contributed by atoms with Crippen molar-refractivity contribution in [1.29, 1.82) is 0 Å². The van der Waals surface area contributed by atoms with Gasteiger partial charge in [-0.15, -0.1) is 12.1 Å². The van der Waals surface area contributed by atoms with Gasteiger partial charge in [0.2, 0.25) is 0 Å². The Morgan fingerprint density at radius 3 is 2.67 bits per heavy atom. The van der Waals surface area contributed by atoms with Gasteiger partial charge >= 0.3 is 0 Å². The predicted molar refractivity (Wildman–Crippen MR) is 91.4 cm³/mol. The van der Waals surface area contributed by atoms with E-state index in [1.54, 1.807) is 0 Å². The van der Waals surface area contributed by atoms with Gasteiger partial charge in [0.05, 0.1) is 6.67 Å². The molecule has 1 unspecified atom stereocenters. The zero-order chi connectivity index (χ0) is 16.1. The van der Waals surface area contributed by atoms with Crippen LogP contribution >= 0.6 is 0 Å². The summed E-state index contributed by atoms with van der Waals surface area (Å²) in [6.07, 6.45) is 4.61. The average Bonchev–Trinajstić information content (AvgIpc) is 3.07. The van der Waals surface area contributed by atoms with Gasteiger partial charge in [-0.05, 0) is 19.4 Å². The summed E-state index contributed by atoms with van der Waals surface area (Å²) >= 11 is 0. The molecule has 0 aromatic heterocycles. The summed E-state index contributed by atoms with van der Waals surface area (Å²) in [6, 6.07) is 15.8. The van der Waals surface area contributed by atoms with Crippen LogP contribution in [0.3, 0.4) is 0 Å². The Bertz CT molecular complexity index is 684. The van der Waals surface area contributed by atoms with Crippen molar-refractivity contribution in [2.24, 2.45) is 0 Å². The molecule has 1 aliphatic rings. The van der Waals surface area contributed by atoms with Crippen LogP contribution < -0.4 is 16.2 Å². The van der Waals surface area contributed by atoms with Crippen molar-refractivity contribution >= 4 is 5.78 Å². The third-order valence-electron chi connectivity index (χ3n) is 3.86. The molecule has 24 heavy (non-hydrogen) atoms. The molecule has 123 valence electrons. The van der Waals surface area contributed by atoms with Crippen LogP contribution in [0, 0.1) is 19.8 Å². The summed E-state index contributed by atoms with van der Waals surface area (Å²) in [5.41, 5.74) is 10.2. The molecule has 0 spiro atoms. The molecule has 1 atom stereocenters. The predicted octanol–water partition coefficient (Wildman–Crippen LogP) is 2.35. The van der Waals surface area contributed by atoms with Crippen molar-refractivity contribution in [3.63, 3.8) is 0 Å². The number of rotatable bonds is 6. The molecule has 1 radical (unpaired) electrons. The van der Waals surface area contributed by atoms with Crippen LogP contribution in [0.1, 0.15) is 33.5 Å². The molecule has 0 aliphatic carbocycles. The standard InChI is InChI=1S/C19H21N3O.Y/c1-14-5-4-8-17(11-14)18(23)10-9-15-6-2-3-7-16(15)12-19-20-13-21-22-19;/h2-9,11-12,19-22H,10,13H2,1H3;/q-2;. The molecule has 2 aromatic rings. The van der Waals surface area contributed by atoms with Crippen molar-refractivity contribution < 1.29 is 37.5 Å². The van der Waals surface area contributed by atoms with Crippen LogP contribution in [0.5, 0.6) is 0 Å². The van der Waals surface area contributed by atoms with Crippen molar-refractivity contribution in [3.05, 3.63) is 83.6 Å². The van der Waals surface area contributed by atoms with E-state index in [9.17, 15) is 4.79 Å². The number of aryl methyl sites for hydroxylation is 1. The Kier molecular flexibility index (Phi) is 7.47. The Morgan fingerprint density at radius 1 is 1.17 bits per heavy atom. The maximum absolute atomic E-state index is 12.3. The van der Waals surface area contributed by atoms with Crippen molar-refractivity contribution in [2.75, 3.05) is 6.67 Å². The van der Waals surface area contributed by atoms with Gasteiger partial charge in [0, 0.05) is 44.4 Å². The van der Waals surface area contributed by atoms with Crippen molar-refractivity contribution in [3.8, 4) is 0 Å².